The van der Waals surface area contributed by atoms with Crippen molar-refractivity contribution in [2.75, 3.05) is 0 Å². The molecular weight excluding hydrogens is 379 g/mol. The molecule has 156 valence electrons. The molecule has 2 aromatic rings. The number of hydrogen-bond acceptors (Lipinski definition) is 0. The van der Waals surface area contributed by atoms with Crippen molar-refractivity contribution in [3.8, 4) is 0 Å². The fourth-order valence-electron chi connectivity index (χ4n) is 6.12. The summed E-state index contributed by atoms with van der Waals surface area (Å²) in [4.78, 5) is 0. The first-order valence-corrected chi connectivity index (χ1v) is 12.8. The van der Waals surface area contributed by atoms with Gasteiger partial charge < -0.3 is 0 Å². The van der Waals surface area contributed by atoms with E-state index in [0.29, 0.717) is 17.2 Å². The molecule has 0 radical (unpaired) electrons. The van der Waals surface area contributed by atoms with Gasteiger partial charge in [-0.2, -0.15) is 0 Å². The van der Waals surface area contributed by atoms with Gasteiger partial charge in [-0.3, -0.25) is 0 Å². The van der Waals surface area contributed by atoms with Crippen LogP contribution in [0.25, 0.3) is 0 Å². The van der Waals surface area contributed by atoms with Gasteiger partial charge in [-0.1, -0.05) is 99.3 Å². The van der Waals surface area contributed by atoms with Crippen LogP contribution in [-0.4, -0.2) is 5.66 Å². The highest BCUT2D eigenvalue weighted by atomic mass is 31.1. The molecule has 30 heavy (non-hydrogen) atoms. The Bertz CT molecular complexity index is 922. The molecule has 0 amide bonds. The first-order chi connectivity index (χ1) is 14.8. The van der Waals surface area contributed by atoms with Crippen molar-refractivity contribution in [3.63, 3.8) is 0 Å². The van der Waals surface area contributed by atoms with E-state index < -0.39 is 0 Å². The third kappa shape index (κ3) is 3.76. The number of aryl methyl sites for hydroxylation is 1. The largest absolute Gasteiger partial charge is 0.106 e. The Morgan fingerprint density at radius 2 is 1.53 bits per heavy atom. The lowest BCUT2D eigenvalue weighted by molar-refractivity contribution is 0.242. The zero-order valence-corrected chi connectivity index (χ0v) is 19.5. The van der Waals surface area contributed by atoms with Crippen LogP contribution in [0.2, 0.25) is 0 Å². The van der Waals surface area contributed by atoms with Crippen LogP contribution >= 0.6 is 8.58 Å². The van der Waals surface area contributed by atoms with Gasteiger partial charge >= 0.3 is 0 Å². The fraction of sp³-hybridized carbons (Fsp3) is 0.379. The summed E-state index contributed by atoms with van der Waals surface area (Å²) in [5.74, 6) is 2.17. The average molecular weight is 415 g/mol. The summed E-state index contributed by atoms with van der Waals surface area (Å²) in [5, 5.41) is 0. The first-order valence-electron chi connectivity index (χ1n) is 11.7. The van der Waals surface area contributed by atoms with Gasteiger partial charge in [-0.05, 0) is 65.7 Å². The second-order valence-electron chi connectivity index (χ2n) is 8.62. The molecule has 5 rings (SSSR count). The molecule has 1 heterocycles. The van der Waals surface area contributed by atoms with Crippen LogP contribution in [0.15, 0.2) is 91.1 Å². The van der Waals surface area contributed by atoms with E-state index in [9.17, 15) is 0 Å². The van der Waals surface area contributed by atoms with Crippen LogP contribution < -0.4 is 0 Å². The quantitative estimate of drug-likeness (QED) is 0.434. The second kappa shape index (κ2) is 9.49. The van der Waals surface area contributed by atoms with E-state index in [-0.39, 0.29) is 0 Å². The predicted molar refractivity (Wildman–Crippen MR) is 134 cm³/mol. The van der Waals surface area contributed by atoms with Gasteiger partial charge in [0.1, 0.15) is 0 Å². The summed E-state index contributed by atoms with van der Waals surface area (Å²) in [6, 6.07) is 20.6. The molecule has 0 bridgehead atoms. The summed E-state index contributed by atoms with van der Waals surface area (Å²) in [5.41, 5.74) is 8.94. The van der Waals surface area contributed by atoms with E-state index in [1.165, 1.54) is 30.4 Å². The van der Waals surface area contributed by atoms with Crippen LogP contribution in [0, 0.1) is 11.8 Å². The van der Waals surface area contributed by atoms with Crippen LogP contribution in [0.3, 0.4) is 0 Å². The van der Waals surface area contributed by atoms with E-state index >= 15 is 0 Å². The fourth-order valence-corrected chi connectivity index (χ4v) is 8.69. The predicted octanol–water partition coefficient (Wildman–Crippen LogP) is 8.24. The zero-order chi connectivity index (χ0) is 21.1. The molecule has 3 aliphatic rings. The van der Waals surface area contributed by atoms with Crippen LogP contribution in [-0.2, 0) is 6.42 Å². The maximum absolute atomic E-state index is 4.44. The van der Waals surface area contributed by atoms with Crippen molar-refractivity contribution >= 4 is 8.58 Å². The molecule has 1 saturated heterocycles. The summed E-state index contributed by atoms with van der Waals surface area (Å²) in [6.07, 6.45) is 9.25. The smallest absolute Gasteiger partial charge is 0.00568 e. The first kappa shape index (κ1) is 21.3. The van der Waals surface area contributed by atoms with Crippen LogP contribution in [0.1, 0.15) is 61.4 Å². The second-order valence-corrected chi connectivity index (χ2v) is 10.2. The topological polar surface area (TPSA) is 0 Å². The molecule has 0 spiro atoms. The lowest BCUT2D eigenvalue weighted by Gasteiger charge is -2.53. The van der Waals surface area contributed by atoms with Gasteiger partial charge in [0.25, 0.3) is 0 Å². The van der Waals surface area contributed by atoms with E-state index in [4.69, 9.17) is 0 Å². The number of fused-ring (bicyclic) bond motifs is 4. The standard InChI is InChI=1S/C27H29P.C2H6/c1-3-9-21-18(2)14-16-23-25(20-11-5-4-6-12-20)24-17-15-19-10-7-8-13-22(19)27(24)28-26(21)23;1-2/h3-13,23-28H,1-2,14-17H2;1-2H3/b21-9+;. The molecule has 6 atom stereocenters. The van der Waals surface area contributed by atoms with Crippen LogP contribution in [0.4, 0.5) is 0 Å². The monoisotopic (exact) mass is 414 g/mol. The lowest BCUT2D eigenvalue weighted by Crippen LogP contribution is -2.41. The molecule has 0 nitrogen and oxygen atoms in total. The lowest BCUT2D eigenvalue weighted by atomic mass is 9.64. The molecule has 0 aromatic heterocycles. The van der Waals surface area contributed by atoms with Gasteiger partial charge in [0.15, 0.2) is 0 Å². The molecule has 2 fully saturated rings. The minimum Gasteiger partial charge on any atom is -0.106 e. The van der Waals surface area contributed by atoms with Crippen molar-refractivity contribution in [2.45, 2.75) is 56.8 Å². The normalized spacial score (nSPS) is 31.7. The Morgan fingerprint density at radius 3 is 2.30 bits per heavy atom. The van der Waals surface area contributed by atoms with Crippen molar-refractivity contribution in [2.24, 2.45) is 11.8 Å². The molecule has 1 heteroatoms. The zero-order valence-electron chi connectivity index (χ0n) is 18.5. The Morgan fingerprint density at radius 1 is 0.867 bits per heavy atom. The molecule has 2 aliphatic carbocycles. The van der Waals surface area contributed by atoms with Gasteiger partial charge in [-0.15, -0.1) is 8.58 Å². The minimum atomic E-state index is 0.636. The van der Waals surface area contributed by atoms with Crippen molar-refractivity contribution in [3.05, 3.63) is 108 Å². The van der Waals surface area contributed by atoms with Gasteiger partial charge in [0, 0.05) is 11.3 Å². The van der Waals surface area contributed by atoms with Gasteiger partial charge in [0.05, 0.1) is 0 Å². The minimum absolute atomic E-state index is 0.636. The number of benzene rings is 2. The van der Waals surface area contributed by atoms with Gasteiger partial charge in [0.2, 0.25) is 0 Å². The van der Waals surface area contributed by atoms with E-state index in [0.717, 1.165) is 26.8 Å². The highest BCUT2D eigenvalue weighted by molar-refractivity contribution is 7.40. The molecule has 6 unspecified atom stereocenters. The van der Waals surface area contributed by atoms with E-state index in [1.807, 2.05) is 19.9 Å². The molecular formula is C29H35P. The SMILES string of the molecule is C=C/C=C1\C(=C)CCC2C1PC1c3ccccc3CCC1C2c1ccccc1.CC. The van der Waals surface area contributed by atoms with Crippen molar-refractivity contribution in [1.29, 1.82) is 0 Å². The third-order valence-electron chi connectivity index (χ3n) is 7.28. The summed E-state index contributed by atoms with van der Waals surface area (Å²) >= 11 is 0. The third-order valence-corrected chi connectivity index (χ3v) is 9.48. The molecule has 0 N–H and O–H groups in total. The number of hydrogen-bond donors (Lipinski definition) is 0. The summed E-state index contributed by atoms with van der Waals surface area (Å²) < 4.78 is 0. The Labute approximate surface area is 185 Å². The Hall–Kier alpha value is -1.91. The summed E-state index contributed by atoms with van der Waals surface area (Å²) in [7, 11) is 0.958. The Kier molecular flexibility index (Phi) is 6.74. The van der Waals surface area contributed by atoms with E-state index in [1.54, 1.807) is 16.7 Å². The van der Waals surface area contributed by atoms with Crippen LogP contribution in [0.5, 0.6) is 0 Å². The molecule has 1 saturated carbocycles. The number of allylic oxidation sites excluding steroid dienone is 4. The highest BCUT2D eigenvalue weighted by Crippen LogP contribution is 2.65. The van der Waals surface area contributed by atoms with Gasteiger partial charge in [-0.25, -0.2) is 0 Å². The van der Waals surface area contributed by atoms with Crippen molar-refractivity contribution in [1.82, 2.24) is 0 Å². The molecule has 1 aliphatic heterocycles. The molecule has 2 aromatic carbocycles. The number of rotatable bonds is 2. The van der Waals surface area contributed by atoms with E-state index in [2.05, 4.69) is 73.8 Å². The maximum Gasteiger partial charge on any atom is 0.00568 e. The van der Waals surface area contributed by atoms with Crippen molar-refractivity contribution < 1.29 is 0 Å². The maximum atomic E-state index is 4.44. The Balaban J connectivity index is 0.00000106. The highest BCUT2D eigenvalue weighted by Gasteiger charge is 2.49. The average Bonchev–Trinajstić information content (AvgIpc) is 2.81. The summed E-state index contributed by atoms with van der Waals surface area (Å²) in [6.45, 7) is 12.4.